The average Bonchev–Trinajstić information content (AvgIpc) is 3.22. The Hall–Kier alpha value is -4.30. The number of para-hydroxylation sites is 2. The number of aryl methyl sites for hydroxylation is 2. The van der Waals surface area contributed by atoms with Crippen LogP contribution in [0.4, 0.5) is 17.1 Å². The first kappa shape index (κ1) is 20.3. The van der Waals surface area contributed by atoms with E-state index in [9.17, 15) is 0 Å². The van der Waals surface area contributed by atoms with E-state index in [0.717, 1.165) is 11.4 Å². The van der Waals surface area contributed by atoms with Crippen LogP contribution >= 0.6 is 0 Å². The molecule has 6 aromatic rings. The monoisotopic (exact) mass is 438 g/mol. The number of rotatable bonds is 4. The summed E-state index contributed by atoms with van der Waals surface area (Å²) in [5.41, 5.74) is 9.58. The zero-order valence-corrected chi connectivity index (χ0v) is 19.4. The summed E-state index contributed by atoms with van der Waals surface area (Å²) in [4.78, 5) is 2.38. The van der Waals surface area contributed by atoms with Crippen molar-refractivity contribution in [1.29, 1.82) is 0 Å². The molecule has 2 heteroatoms. The van der Waals surface area contributed by atoms with Crippen LogP contribution in [0.15, 0.2) is 121 Å². The van der Waals surface area contributed by atoms with Crippen molar-refractivity contribution < 1.29 is 0 Å². The van der Waals surface area contributed by atoms with Crippen LogP contribution in [0.3, 0.4) is 0 Å². The van der Waals surface area contributed by atoms with E-state index in [4.69, 9.17) is 0 Å². The smallest absolute Gasteiger partial charge is 0.0562 e. The molecule has 1 heterocycles. The second-order valence-corrected chi connectivity index (χ2v) is 8.87. The molecular weight excluding hydrogens is 412 g/mol. The van der Waals surface area contributed by atoms with Crippen LogP contribution in [0.2, 0.25) is 0 Å². The lowest BCUT2D eigenvalue weighted by atomic mass is 10.1. The van der Waals surface area contributed by atoms with Crippen LogP contribution in [0, 0.1) is 13.8 Å². The van der Waals surface area contributed by atoms with Crippen molar-refractivity contribution in [3.63, 3.8) is 0 Å². The number of benzene rings is 5. The standard InChI is InChI=1S/C32H26N2/c1-23-15-19-26(20-16-23)33(27-21-17-24(2)18-22-27)30-13-8-14-31-32(30)28-11-6-7-12-29(28)34(31)25-9-4-3-5-10-25/h3-22H,1-2H3. The van der Waals surface area contributed by atoms with Gasteiger partial charge in [0.15, 0.2) is 0 Å². The van der Waals surface area contributed by atoms with Crippen LogP contribution in [0.1, 0.15) is 11.1 Å². The lowest BCUT2D eigenvalue weighted by molar-refractivity contribution is 1.18. The van der Waals surface area contributed by atoms with Crippen LogP contribution in [0.25, 0.3) is 27.5 Å². The molecule has 5 aromatic carbocycles. The Labute approximate surface area is 200 Å². The van der Waals surface area contributed by atoms with Gasteiger partial charge in [0.1, 0.15) is 0 Å². The summed E-state index contributed by atoms with van der Waals surface area (Å²) in [5, 5.41) is 2.50. The summed E-state index contributed by atoms with van der Waals surface area (Å²) in [7, 11) is 0. The molecule has 0 bridgehead atoms. The highest BCUT2D eigenvalue weighted by molar-refractivity contribution is 6.16. The van der Waals surface area contributed by atoms with Gasteiger partial charge in [-0.1, -0.05) is 77.9 Å². The maximum Gasteiger partial charge on any atom is 0.0562 e. The minimum atomic E-state index is 1.15. The molecule has 0 saturated carbocycles. The minimum Gasteiger partial charge on any atom is -0.310 e. The van der Waals surface area contributed by atoms with Crippen molar-refractivity contribution in [2.45, 2.75) is 13.8 Å². The van der Waals surface area contributed by atoms with Gasteiger partial charge < -0.3 is 9.47 Å². The van der Waals surface area contributed by atoms with Crippen molar-refractivity contribution in [2.24, 2.45) is 0 Å². The second-order valence-electron chi connectivity index (χ2n) is 8.87. The fourth-order valence-corrected chi connectivity index (χ4v) is 4.86. The fourth-order valence-electron chi connectivity index (χ4n) is 4.86. The maximum atomic E-state index is 2.38. The van der Waals surface area contributed by atoms with Gasteiger partial charge in [-0.25, -0.2) is 0 Å². The summed E-state index contributed by atoms with van der Waals surface area (Å²) >= 11 is 0. The van der Waals surface area contributed by atoms with Gasteiger partial charge in [-0.15, -0.1) is 0 Å². The fraction of sp³-hybridized carbons (Fsp3) is 0.0625. The summed E-state index contributed by atoms with van der Waals surface area (Å²) in [6, 6.07) is 43.6. The van der Waals surface area contributed by atoms with Crippen molar-refractivity contribution in [1.82, 2.24) is 4.57 Å². The van der Waals surface area contributed by atoms with Gasteiger partial charge in [-0.05, 0) is 68.4 Å². The number of hydrogen-bond donors (Lipinski definition) is 0. The molecule has 0 atom stereocenters. The molecule has 6 rings (SSSR count). The Bertz CT molecular complexity index is 1550. The first-order valence-corrected chi connectivity index (χ1v) is 11.7. The molecule has 0 aliphatic carbocycles. The summed E-state index contributed by atoms with van der Waals surface area (Å²) in [6.45, 7) is 4.27. The first-order chi connectivity index (χ1) is 16.7. The van der Waals surface area contributed by atoms with E-state index in [1.165, 1.54) is 44.3 Å². The third-order valence-electron chi connectivity index (χ3n) is 6.52. The van der Waals surface area contributed by atoms with Crippen LogP contribution in [-0.4, -0.2) is 4.57 Å². The predicted molar refractivity (Wildman–Crippen MR) is 145 cm³/mol. The molecule has 0 N–H and O–H groups in total. The van der Waals surface area contributed by atoms with E-state index in [1.54, 1.807) is 0 Å². The molecule has 0 aliphatic heterocycles. The number of aromatic nitrogens is 1. The Kier molecular flexibility index (Phi) is 4.92. The third kappa shape index (κ3) is 3.36. The molecule has 0 fully saturated rings. The van der Waals surface area contributed by atoms with Gasteiger partial charge in [0.05, 0.1) is 16.7 Å². The largest absolute Gasteiger partial charge is 0.310 e. The molecule has 0 unspecified atom stereocenters. The third-order valence-corrected chi connectivity index (χ3v) is 6.52. The lowest BCUT2D eigenvalue weighted by Crippen LogP contribution is -2.10. The predicted octanol–water partition coefficient (Wildman–Crippen LogP) is 8.87. The Balaban J connectivity index is 1.70. The highest BCUT2D eigenvalue weighted by atomic mass is 15.1. The van der Waals surface area contributed by atoms with Crippen molar-refractivity contribution in [2.75, 3.05) is 4.90 Å². The summed E-state index contributed by atoms with van der Waals surface area (Å²) in [6.07, 6.45) is 0. The second kappa shape index (κ2) is 8.24. The van der Waals surface area contributed by atoms with Crippen molar-refractivity contribution in [3.8, 4) is 5.69 Å². The van der Waals surface area contributed by atoms with E-state index in [0.29, 0.717) is 0 Å². The van der Waals surface area contributed by atoms with Gasteiger partial charge in [-0.3, -0.25) is 0 Å². The van der Waals surface area contributed by atoms with Gasteiger partial charge >= 0.3 is 0 Å². The highest BCUT2D eigenvalue weighted by Crippen LogP contribution is 2.43. The number of anilines is 3. The molecule has 1 aromatic heterocycles. The van der Waals surface area contributed by atoms with E-state index < -0.39 is 0 Å². The first-order valence-electron chi connectivity index (χ1n) is 11.7. The summed E-state index contributed by atoms with van der Waals surface area (Å²) in [5.74, 6) is 0. The van der Waals surface area contributed by atoms with Gasteiger partial charge in [-0.2, -0.15) is 0 Å². The Morgan fingerprint density at radius 1 is 0.500 bits per heavy atom. The van der Waals surface area contributed by atoms with Gasteiger partial charge in [0, 0.05) is 27.8 Å². The molecule has 0 radical (unpaired) electrons. The minimum absolute atomic E-state index is 1.15. The molecule has 164 valence electrons. The quantitative estimate of drug-likeness (QED) is 0.267. The average molecular weight is 439 g/mol. The lowest BCUT2D eigenvalue weighted by Gasteiger charge is -2.26. The number of fused-ring (bicyclic) bond motifs is 3. The van der Waals surface area contributed by atoms with E-state index >= 15 is 0 Å². The molecule has 0 aliphatic rings. The van der Waals surface area contributed by atoms with Crippen molar-refractivity contribution in [3.05, 3.63) is 132 Å². The Morgan fingerprint density at radius 3 is 1.71 bits per heavy atom. The Morgan fingerprint density at radius 2 is 1.06 bits per heavy atom. The van der Waals surface area contributed by atoms with E-state index in [-0.39, 0.29) is 0 Å². The zero-order valence-electron chi connectivity index (χ0n) is 19.4. The molecule has 34 heavy (non-hydrogen) atoms. The van der Waals surface area contributed by atoms with Gasteiger partial charge in [0.25, 0.3) is 0 Å². The molecule has 0 saturated heterocycles. The van der Waals surface area contributed by atoms with Crippen molar-refractivity contribution >= 4 is 38.9 Å². The number of hydrogen-bond acceptors (Lipinski definition) is 1. The topological polar surface area (TPSA) is 8.17 Å². The molecular formula is C32H26N2. The molecule has 0 spiro atoms. The summed E-state index contributed by atoms with van der Waals surface area (Å²) < 4.78 is 2.37. The van der Waals surface area contributed by atoms with Crippen LogP contribution in [-0.2, 0) is 0 Å². The highest BCUT2D eigenvalue weighted by Gasteiger charge is 2.20. The number of nitrogens with zero attached hydrogens (tertiary/aromatic N) is 2. The normalized spacial score (nSPS) is 11.2. The molecule has 0 amide bonds. The van der Waals surface area contributed by atoms with E-state index in [1.807, 2.05) is 0 Å². The zero-order chi connectivity index (χ0) is 23.1. The maximum absolute atomic E-state index is 2.38. The SMILES string of the molecule is Cc1ccc(N(c2ccc(C)cc2)c2cccc3c2c2ccccc2n3-c2ccccc2)cc1. The van der Waals surface area contributed by atoms with Gasteiger partial charge in [0.2, 0.25) is 0 Å². The molecule has 2 nitrogen and oxygen atoms in total. The van der Waals surface area contributed by atoms with E-state index in [2.05, 4.69) is 145 Å². The van der Waals surface area contributed by atoms with Crippen LogP contribution in [0.5, 0.6) is 0 Å². The van der Waals surface area contributed by atoms with Crippen LogP contribution < -0.4 is 4.90 Å².